The second-order valence-corrected chi connectivity index (χ2v) is 11.5. The average molecular weight is 511 g/mol. The van der Waals surface area contributed by atoms with Crippen LogP contribution in [0.2, 0.25) is 0 Å². The molecule has 0 bridgehead atoms. The van der Waals surface area contributed by atoms with E-state index in [1.165, 1.54) is 10.5 Å². The minimum absolute atomic E-state index is 0.351. The van der Waals surface area contributed by atoms with Gasteiger partial charge in [0, 0.05) is 24.1 Å². The summed E-state index contributed by atoms with van der Waals surface area (Å²) >= 11 is 0. The quantitative estimate of drug-likeness (QED) is 0.453. The topological polar surface area (TPSA) is 88.1 Å². The summed E-state index contributed by atoms with van der Waals surface area (Å²) in [4.78, 5) is 27.7. The number of carboxylic acid groups (broad SMARTS) is 1. The molecule has 0 aliphatic carbocycles. The Labute approximate surface area is 221 Å². The maximum absolute atomic E-state index is 13.5. The predicted molar refractivity (Wildman–Crippen MR) is 145 cm³/mol. The van der Waals surface area contributed by atoms with Gasteiger partial charge in [0.25, 0.3) is 0 Å². The molecule has 7 nitrogen and oxygen atoms in total. The molecular weight excluding hydrogens is 468 g/mol. The van der Waals surface area contributed by atoms with Crippen LogP contribution in [0.3, 0.4) is 0 Å². The van der Waals surface area contributed by atoms with Crippen LogP contribution in [0.15, 0.2) is 48.5 Å². The number of likely N-dealkylation sites (tertiary alicyclic amines) is 1. The molecule has 0 aromatic heterocycles. The minimum Gasteiger partial charge on any atom is -0.496 e. The number of carbonyl (C=O) groups excluding carboxylic acids is 1. The number of nitrogens with zero attached hydrogens (tertiary/aromatic N) is 1. The van der Waals surface area contributed by atoms with Crippen molar-refractivity contribution in [3.05, 3.63) is 65.2 Å². The zero-order valence-electron chi connectivity index (χ0n) is 23.3. The number of nitrogens with one attached hydrogen (secondary N) is 1. The van der Waals surface area contributed by atoms with Gasteiger partial charge in [-0.25, -0.2) is 9.59 Å². The Bertz CT molecular complexity index is 1080. The SMILES string of the molecule is COc1ccc(C(C)C)cc1CN[C@H]1[C@H](C(C)(C)C)[C@@H](C(=O)O)N(C(=O)OC(C)C)[C@H]1c1ccccc1. The van der Waals surface area contributed by atoms with Crippen LogP contribution < -0.4 is 10.1 Å². The molecule has 0 spiro atoms. The van der Waals surface area contributed by atoms with Crippen molar-refractivity contribution < 1.29 is 24.2 Å². The largest absolute Gasteiger partial charge is 0.496 e. The highest BCUT2D eigenvalue weighted by Crippen LogP contribution is 2.48. The fourth-order valence-corrected chi connectivity index (χ4v) is 5.47. The van der Waals surface area contributed by atoms with Crippen molar-refractivity contribution in [3.8, 4) is 5.75 Å². The van der Waals surface area contributed by atoms with E-state index in [1.54, 1.807) is 21.0 Å². The molecule has 1 amide bonds. The van der Waals surface area contributed by atoms with Gasteiger partial charge in [-0.2, -0.15) is 0 Å². The Morgan fingerprint density at radius 1 is 1.05 bits per heavy atom. The lowest BCUT2D eigenvalue weighted by atomic mass is 9.72. The van der Waals surface area contributed by atoms with Gasteiger partial charge in [-0.3, -0.25) is 4.90 Å². The van der Waals surface area contributed by atoms with Crippen LogP contribution in [-0.2, 0) is 16.1 Å². The van der Waals surface area contributed by atoms with Gasteiger partial charge >= 0.3 is 12.1 Å². The fraction of sp³-hybridized carbons (Fsp3) is 0.533. The molecule has 2 aromatic rings. The Balaban J connectivity index is 2.13. The monoisotopic (exact) mass is 510 g/mol. The second-order valence-electron chi connectivity index (χ2n) is 11.5. The van der Waals surface area contributed by atoms with Crippen LogP contribution in [0.5, 0.6) is 5.75 Å². The number of carboxylic acids is 1. The molecule has 4 atom stereocenters. The first kappa shape index (κ1) is 28.5. The van der Waals surface area contributed by atoms with Crippen LogP contribution in [-0.4, -0.2) is 47.4 Å². The molecule has 2 N–H and O–H groups in total. The fourth-order valence-electron chi connectivity index (χ4n) is 5.47. The lowest BCUT2D eigenvalue weighted by Gasteiger charge is -2.35. The first-order chi connectivity index (χ1) is 17.4. The summed E-state index contributed by atoms with van der Waals surface area (Å²) in [6, 6.07) is 13.9. The number of benzene rings is 2. The normalized spacial score (nSPS) is 21.9. The predicted octanol–water partition coefficient (Wildman–Crippen LogP) is 5.99. The van der Waals surface area contributed by atoms with E-state index < -0.39 is 35.5 Å². The summed E-state index contributed by atoms with van der Waals surface area (Å²) in [7, 11) is 1.65. The van der Waals surface area contributed by atoms with Crippen LogP contribution in [0.1, 0.15) is 77.1 Å². The maximum Gasteiger partial charge on any atom is 0.411 e. The van der Waals surface area contributed by atoms with E-state index in [0.29, 0.717) is 12.5 Å². The molecule has 1 aliphatic rings. The first-order valence-corrected chi connectivity index (χ1v) is 13.0. The molecule has 202 valence electrons. The lowest BCUT2D eigenvalue weighted by Crippen LogP contribution is -2.48. The molecule has 1 aliphatic heterocycles. The van der Waals surface area contributed by atoms with Crippen LogP contribution in [0, 0.1) is 11.3 Å². The third kappa shape index (κ3) is 6.27. The second kappa shape index (κ2) is 11.5. The molecular formula is C30H42N2O5. The number of ether oxygens (including phenoxy) is 2. The zero-order chi connectivity index (χ0) is 27.5. The van der Waals surface area contributed by atoms with Crippen molar-refractivity contribution in [1.82, 2.24) is 10.2 Å². The van der Waals surface area contributed by atoms with Crippen molar-refractivity contribution in [2.45, 2.75) is 85.2 Å². The number of carbonyl (C=O) groups is 2. The first-order valence-electron chi connectivity index (χ1n) is 13.0. The summed E-state index contributed by atoms with van der Waals surface area (Å²) in [5, 5.41) is 14.1. The molecule has 1 saturated heterocycles. The zero-order valence-corrected chi connectivity index (χ0v) is 23.3. The van der Waals surface area contributed by atoms with Gasteiger partial charge in [0.15, 0.2) is 0 Å². The van der Waals surface area contributed by atoms with E-state index in [4.69, 9.17) is 9.47 Å². The van der Waals surface area contributed by atoms with E-state index in [-0.39, 0.29) is 12.1 Å². The molecule has 3 rings (SSSR count). The van der Waals surface area contributed by atoms with Gasteiger partial charge < -0.3 is 19.9 Å². The Morgan fingerprint density at radius 2 is 1.70 bits per heavy atom. The van der Waals surface area contributed by atoms with Gasteiger partial charge in [-0.15, -0.1) is 0 Å². The Hall–Kier alpha value is -3.06. The number of amides is 1. The highest BCUT2D eigenvalue weighted by Gasteiger charge is 2.58. The van der Waals surface area contributed by atoms with Crippen LogP contribution in [0.25, 0.3) is 0 Å². The molecule has 0 radical (unpaired) electrons. The van der Waals surface area contributed by atoms with E-state index >= 15 is 0 Å². The highest BCUT2D eigenvalue weighted by atomic mass is 16.6. The van der Waals surface area contributed by atoms with E-state index in [9.17, 15) is 14.7 Å². The molecule has 0 saturated carbocycles. The van der Waals surface area contributed by atoms with E-state index in [1.807, 2.05) is 57.2 Å². The molecule has 2 aromatic carbocycles. The van der Waals surface area contributed by atoms with Crippen LogP contribution in [0.4, 0.5) is 4.79 Å². The third-order valence-electron chi connectivity index (χ3n) is 7.11. The summed E-state index contributed by atoms with van der Waals surface area (Å²) in [5.41, 5.74) is 2.62. The van der Waals surface area contributed by atoms with Crippen molar-refractivity contribution in [2.75, 3.05) is 7.11 Å². The summed E-state index contributed by atoms with van der Waals surface area (Å²) < 4.78 is 11.2. The molecule has 7 heteroatoms. The maximum atomic E-state index is 13.5. The van der Waals surface area contributed by atoms with Gasteiger partial charge in [0.1, 0.15) is 11.8 Å². The Kier molecular flexibility index (Phi) is 8.90. The van der Waals surface area contributed by atoms with E-state index in [0.717, 1.165) is 16.9 Å². The van der Waals surface area contributed by atoms with Gasteiger partial charge in [-0.1, -0.05) is 77.1 Å². The van der Waals surface area contributed by atoms with Gasteiger partial charge in [0.05, 0.1) is 19.3 Å². The lowest BCUT2D eigenvalue weighted by molar-refractivity contribution is -0.144. The number of aliphatic carboxylic acids is 1. The molecule has 1 heterocycles. The third-order valence-corrected chi connectivity index (χ3v) is 7.11. The number of hydrogen-bond donors (Lipinski definition) is 2. The molecule has 1 fully saturated rings. The van der Waals surface area contributed by atoms with Crippen molar-refractivity contribution in [3.63, 3.8) is 0 Å². The van der Waals surface area contributed by atoms with Crippen molar-refractivity contribution in [2.24, 2.45) is 11.3 Å². The molecule has 37 heavy (non-hydrogen) atoms. The average Bonchev–Trinajstić information content (AvgIpc) is 3.18. The minimum atomic E-state index is -1.06. The summed E-state index contributed by atoms with van der Waals surface area (Å²) in [6.07, 6.45) is -0.990. The summed E-state index contributed by atoms with van der Waals surface area (Å²) in [5.74, 6) is -0.308. The van der Waals surface area contributed by atoms with Crippen molar-refractivity contribution >= 4 is 12.1 Å². The van der Waals surface area contributed by atoms with Gasteiger partial charge in [-0.05, 0) is 42.4 Å². The smallest absolute Gasteiger partial charge is 0.411 e. The van der Waals surface area contributed by atoms with E-state index in [2.05, 4.69) is 31.3 Å². The van der Waals surface area contributed by atoms with Gasteiger partial charge in [0.2, 0.25) is 0 Å². The standard InChI is InChI=1S/C30H42N2O5/c1-18(2)21-14-15-23(36-8)22(16-21)17-31-25-24(30(5,6)7)27(28(33)34)32(29(35)37-19(3)4)26(25)20-12-10-9-11-13-20/h9-16,18-19,24-27,31H,17H2,1-8H3,(H,33,34)/t24-,25-,26-,27-/m0/s1. The number of rotatable bonds is 8. The number of hydrogen-bond acceptors (Lipinski definition) is 5. The highest BCUT2D eigenvalue weighted by molar-refractivity contribution is 5.82. The van der Waals surface area contributed by atoms with Crippen molar-refractivity contribution in [1.29, 1.82) is 0 Å². The van der Waals surface area contributed by atoms with Crippen LogP contribution >= 0.6 is 0 Å². The Morgan fingerprint density at radius 3 is 2.22 bits per heavy atom. The summed E-state index contributed by atoms with van der Waals surface area (Å²) in [6.45, 7) is 14.4. The molecule has 0 unspecified atom stereocenters. The number of methoxy groups -OCH3 is 1.